The fourth-order valence-corrected chi connectivity index (χ4v) is 2.08. The molecule has 0 fully saturated rings. The number of amides is 2. The summed E-state index contributed by atoms with van der Waals surface area (Å²) in [5.41, 5.74) is 0.876. The van der Waals surface area contributed by atoms with Crippen molar-refractivity contribution < 1.29 is 14.7 Å². The summed E-state index contributed by atoms with van der Waals surface area (Å²) in [6, 6.07) is 2.55. The Bertz CT molecular complexity index is 589. The number of H-pyrrole nitrogens is 1. The van der Waals surface area contributed by atoms with Crippen LogP contribution in [0.15, 0.2) is 17.5 Å². The number of carboxylic acid groups (broad SMARTS) is 1. The fraction of sp³-hybridized carbons (Fsp3) is 0.100. The molecule has 0 radical (unpaired) electrons. The van der Waals surface area contributed by atoms with E-state index in [1.54, 1.807) is 18.4 Å². The molecule has 0 unspecified atom stereocenters. The zero-order chi connectivity index (χ0) is 13.1. The number of carbonyl (C=O) groups excluding carboxylic acids is 1. The van der Waals surface area contributed by atoms with Gasteiger partial charge in [-0.25, -0.2) is 9.59 Å². The molecule has 0 aliphatic heterocycles. The molecule has 0 aliphatic rings. The zero-order valence-electron chi connectivity index (χ0n) is 9.35. The van der Waals surface area contributed by atoms with Crippen LogP contribution in [0.1, 0.15) is 16.1 Å². The number of nitrogens with zero attached hydrogens (tertiary/aromatic N) is 1. The first kappa shape index (κ1) is 12.1. The molecule has 0 aliphatic carbocycles. The van der Waals surface area contributed by atoms with Crippen molar-refractivity contribution in [1.29, 1.82) is 0 Å². The van der Waals surface area contributed by atoms with Gasteiger partial charge in [-0.15, -0.1) is 11.3 Å². The minimum atomic E-state index is -1.08. The summed E-state index contributed by atoms with van der Waals surface area (Å²) in [4.78, 5) is 22.4. The molecule has 94 valence electrons. The molecule has 2 amide bonds. The first-order valence-electron chi connectivity index (χ1n) is 4.97. The van der Waals surface area contributed by atoms with E-state index >= 15 is 0 Å². The van der Waals surface area contributed by atoms with Gasteiger partial charge in [-0.1, -0.05) is 0 Å². The van der Waals surface area contributed by atoms with Gasteiger partial charge in [0, 0.05) is 11.8 Å². The zero-order valence-corrected chi connectivity index (χ0v) is 10.2. The third kappa shape index (κ3) is 2.66. The number of aromatic nitrogens is 2. The molecule has 8 heteroatoms. The third-order valence-corrected chi connectivity index (χ3v) is 2.90. The second kappa shape index (κ2) is 4.88. The number of aromatic carboxylic acids is 1. The van der Waals surface area contributed by atoms with Crippen molar-refractivity contribution in [2.75, 3.05) is 10.6 Å². The minimum Gasteiger partial charge on any atom is -0.478 e. The maximum atomic E-state index is 11.6. The minimum absolute atomic E-state index is 0.0633. The number of hydrogen-bond donors (Lipinski definition) is 4. The quantitative estimate of drug-likeness (QED) is 0.682. The molecule has 0 bridgehead atoms. The highest BCUT2D eigenvalue weighted by Gasteiger charge is 2.14. The van der Waals surface area contributed by atoms with Gasteiger partial charge in [-0.3, -0.25) is 15.7 Å². The van der Waals surface area contributed by atoms with Crippen LogP contribution in [0.25, 0.3) is 0 Å². The Hall–Kier alpha value is -2.35. The predicted octanol–water partition coefficient (Wildman–Crippen LogP) is 2.12. The largest absolute Gasteiger partial charge is 0.478 e. The van der Waals surface area contributed by atoms with Crippen LogP contribution < -0.4 is 10.6 Å². The first-order valence-corrected chi connectivity index (χ1v) is 5.85. The molecule has 18 heavy (non-hydrogen) atoms. The predicted molar refractivity (Wildman–Crippen MR) is 67.2 cm³/mol. The Morgan fingerprint density at radius 2 is 2.22 bits per heavy atom. The number of aryl methyl sites for hydroxylation is 1. The first-order chi connectivity index (χ1) is 8.56. The van der Waals surface area contributed by atoms with Gasteiger partial charge < -0.3 is 5.11 Å². The fourth-order valence-electron chi connectivity index (χ4n) is 1.31. The Morgan fingerprint density at radius 1 is 1.44 bits per heavy atom. The second-order valence-electron chi connectivity index (χ2n) is 3.48. The lowest BCUT2D eigenvalue weighted by Gasteiger charge is -2.04. The molecule has 0 atom stereocenters. The number of urea groups is 1. The Balaban J connectivity index is 2.03. The van der Waals surface area contributed by atoms with Gasteiger partial charge in [0.25, 0.3) is 0 Å². The number of rotatable bonds is 3. The summed E-state index contributed by atoms with van der Waals surface area (Å²) in [6.07, 6.45) is 0. The van der Waals surface area contributed by atoms with Gasteiger partial charge in [-0.05, 0) is 18.4 Å². The molecule has 0 aromatic carbocycles. The molecule has 0 saturated heterocycles. The van der Waals surface area contributed by atoms with Crippen molar-refractivity contribution in [3.63, 3.8) is 0 Å². The number of carboxylic acids is 1. The Morgan fingerprint density at radius 3 is 2.83 bits per heavy atom. The average Bonchev–Trinajstić information content (AvgIpc) is 2.87. The van der Waals surface area contributed by atoms with E-state index in [-0.39, 0.29) is 10.6 Å². The van der Waals surface area contributed by atoms with E-state index in [0.29, 0.717) is 5.82 Å². The smallest absolute Gasteiger partial charge is 0.338 e. The number of hydrogen-bond acceptors (Lipinski definition) is 4. The van der Waals surface area contributed by atoms with Crippen LogP contribution in [0.5, 0.6) is 0 Å². The van der Waals surface area contributed by atoms with Crippen LogP contribution in [0, 0.1) is 6.92 Å². The van der Waals surface area contributed by atoms with Gasteiger partial charge in [0.05, 0.1) is 5.56 Å². The van der Waals surface area contributed by atoms with Crippen molar-refractivity contribution in [3.8, 4) is 0 Å². The highest BCUT2D eigenvalue weighted by molar-refractivity contribution is 7.14. The van der Waals surface area contributed by atoms with Crippen LogP contribution in [0.2, 0.25) is 0 Å². The lowest BCUT2D eigenvalue weighted by atomic mass is 10.3. The normalized spacial score (nSPS) is 10.1. The molecular weight excluding hydrogens is 256 g/mol. The topological polar surface area (TPSA) is 107 Å². The van der Waals surface area contributed by atoms with Crippen molar-refractivity contribution in [1.82, 2.24) is 10.2 Å². The molecule has 2 aromatic rings. The Kier molecular flexibility index (Phi) is 3.28. The van der Waals surface area contributed by atoms with Crippen LogP contribution in [0.3, 0.4) is 0 Å². The molecule has 7 nitrogen and oxygen atoms in total. The maximum Gasteiger partial charge on any atom is 0.338 e. The summed E-state index contributed by atoms with van der Waals surface area (Å²) in [6.45, 7) is 1.80. The number of anilines is 2. The van der Waals surface area contributed by atoms with Crippen LogP contribution in [-0.2, 0) is 0 Å². The van der Waals surface area contributed by atoms with Gasteiger partial charge >= 0.3 is 12.0 Å². The molecule has 2 aromatic heterocycles. The van der Waals surface area contributed by atoms with Crippen molar-refractivity contribution >= 4 is 34.2 Å². The summed E-state index contributed by atoms with van der Waals surface area (Å²) >= 11 is 1.14. The van der Waals surface area contributed by atoms with Crippen molar-refractivity contribution in [2.45, 2.75) is 6.92 Å². The molecule has 4 N–H and O–H groups in total. The van der Waals surface area contributed by atoms with E-state index in [1.807, 2.05) is 0 Å². The molecule has 0 spiro atoms. The summed E-state index contributed by atoms with van der Waals surface area (Å²) in [5, 5.41) is 22.2. The average molecular weight is 266 g/mol. The van der Waals surface area contributed by atoms with E-state index in [1.165, 1.54) is 6.07 Å². The number of carbonyl (C=O) groups is 2. The van der Waals surface area contributed by atoms with Crippen molar-refractivity contribution in [2.24, 2.45) is 0 Å². The third-order valence-electron chi connectivity index (χ3n) is 2.07. The summed E-state index contributed by atoms with van der Waals surface area (Å²) < 4.78 is 0. The van der Waals surface area contributed by atoms with E-state index in [0.717, 1.165) is 17.0 Å². The van der Waals surface area contributed by atoms with Gasteiger partial charge in [-0.2, -0.15) is 5.10 Å². The van der Waals surface area contributed by atoms with Gasteiger partial charge in [0.2, 0.25) is 0 Å². The molecule has 2 heterocycles. The van der Waals surface area contributed by atoms with Crippen LogP contribution >= 0.6 is 11.3 Å². The second-order valence-corrected chi connectivity index (χ2v) is 4.40. The highest BCUT2D eigenvalue weighted by atomic mass is 32.1. The van der Waals surface area contributed by atoms with E-state index < -0.39 is 12.0 Å². The number of aromatic amines is 1. The lowest BCUT2D eigenvalue weighted by molar-refractivity contribution is 0.0698. The molecule has 0 saturated carbocycles. The highest BCUT2D eigenvalue weighted by Crippen LogP contribution is 2.23. The van der Waals surface area contributed by atoms with E-state index in [2.05, 4.69) is 20.8 Å². The summed E-state index contributed by atoms with van der Waals surface area (Å²) in [7, 11) is 0. The summed E-state index contributed by atoms with van der Waals surface area (Å²) in [5.74, 6) is -0.708. The van der Waals surface area contributed by atoms with Gasteiger partial charge in [0.1, 0.15) is 5.00 Å². The monoisotopic (exact) mass is 266 g/mol. The SMILES string of the molecule is Cc1cc(NC(=O)Nc2sccc2C(=O)O)n[nH]1. The standard InChI is InChI=1S/C10H10N4O3S/c1-5-4-7(14-13-5)11-10(17)12-8-6(9(15)16)2-3-18-8/h2-4H,1H3,(H,15,16)(H3,11,12,13,14,17). The lowest BCUT2D eigenvalue weighted by Crippen LogP contribution is -2.20. The van der Waals surface area contributed by atoms with Crippen LogP contribution in [-0.4, -0.2) is 27.3 Å². The van der Waals surface area contributed by atoms with Gasteiger partial charge in [0.15, 0.2) is 5.82 Å². The number of nitrogens with one attached hydrogen (secondary N) is 3. The van der Waals surface area contributed by atoms with Crippen LogP contribution in [0.4, 0.5) is 15.6 Å². The maximum absolute atomic E-state index is 11.6. The van der Waals surface area contributed by atoms with E-state index in [4.69, 9.17) is 5.11 Å². The molecular formula is C10H10N4O3S. The Labute approximate surface area is 106 Å². The molecule has 2 rings (SSSR count). The van der Waals surface area contributed by atoms with E-state index in [9.17, 15) is 9.59 Å². The number of thiophene rings is 1. The van der Waals surface area contributed by atoms with Crippen molar-refractivity contribution in [3.05, 3.63) is 28.8 Å².